The highest BCUT2D eigenvalue weighted by molar-refractivity contribution is 6.06. The van der Waals surface area contributed by atoms with Crippen LogP contribution in [0.4, 0.5) is 0 Å². The monoisotopic (exact) mass is 232 g/mol. The molecule has 4 nitrogen and oxygen atoms in total. The zero-order valence-corrected chi connectivity index (χ0v) is 9.82. The van der Waals surface area contributed by atoms with Crippen LogP contribution < -0.4 is 5.32 Å². The molecule has 17 heavy (non-hydrogen) atoms. The molecule has 2 aromatic rings. The maximum Gasteiger partial charge on any atom is 0.252 e. The third-order valence-corrected chi connectivity index (χ3v) is 2.58. The summed E-state index contributed by atoms with van der Waals surface area (Å²) in [6.07, 6.45) is 1.83. The maximum absolute atomic E-state index is 11.9. The van der Waals surface area contributed by atoms with Crippen molar-refractivity contribution in [3.8, 4) is 0 Å². The molecule has 0 saturated carbocycles. The van der Waals surface area contributed by atoms with Crippen molar-refractivity contribution in [2.75, 3.05) is 19.8 Å². The van der Waals surface area contributed by atoms with Gasteiger partial charge >= 0.3 is 0 Å². The largest absolute Gasteiger partial charge is 0.380 e. The lowest BCUT2D eigenvalue weighted by atomic mass is 10.1. The zero-order valence-electron chi connectivity index (χ0n) is 9.82. The molecule has 0 unspecified atom stereocenters. The molecular weight excluding hydrogens is 216 g/mol. The highest BCUT2D eigenvalue weighted by Crippen LogP contribution is 2.16. The van der Waals surface area contributed by atoms with Crippen LogP contribution in [0.5, 0.6) is 0 Å². The SMILES string of the molecule is CCOCCNC(=O)c1cccc2[nH]ccc12. The molecule has 0 atom stereocenters. The highest BCUT2D eigenvalue weighted by atomic mass is 16.5. The molecule has 1 amide bonds. The van der Waals surface area contributed by atoms with Crippen LogP contribution in [0, 0.1) is 0 Å². The van der Waals surface area contributed by atoms with Crippen molar-refractivity contribution >= 4 is 16.8 Å². The number of ether oxygens (including phenoxy) is 1. The number of nitrogens with one attached hydrogen (secondary N) is 2. The van der Waals surface area contributed by atoms with E-state index in [0.717, 1.165) is 10.9 Å². The van der Waals surface area contributed by atoms with Crippen molar-refractivity contribution in [2.45, 2.75) is 6.92 Å². The Morgan fingerprint density at radius 3 is 3.12 bits per heavy atom. The summed E-state index contributed by atoms with van der Waals surface area (Å²) in [4.78, 5) is 15.0. The van der Waals surface area contributed by atoms with E-state index in [1.165, 1.54) is 0 Å². The lowest BCUT2D eigenvalue weighted by Crippen LogP contribution is -2.27. The minimum absolute atomic E-state index is 0.0603. The summed E-state index contributed by atoms with van der Waals surface area (Å²) in [5.74, 6) is -0.0603. The number of carbonyl (C=O) groups excluding carboxylic acids is 1. The number of aromatic nitrogens is 1. The lowest BCUT2D eigenvalue weighted by molar-refractivity contribution is 0.0924. The van der Waals surface area contributed by atoms with Crippen molar-refractivity contribution in [1.29, 1.82) is 0 Å². The third-order valence-electron chi connectivity index (χ3n) is 2.58. The van der Waals surface area contributed by atoms with Crippen molar-refractivity contribution in [2.24, 2.45) is 0 Å². The number of hydrogen-bond acceptors (Lipinski definition) is 2. The Kier molecular flexibility index (Phi) is 3.77. The zero-order chi connectivity index (χ0) is 12.1. The summed E-state index contributed by atoms with van der Waals surface area (Å²) in [6, 6.07) is 7.56. The predicted molar refractivity (Wildman–Crippen MR) is 67.1 cm³/mol. The van der Waals surface area contributed by atoms with E-state index in [-0.39, 0.29) is 5.91 Å². The van der Waals surface area contributed by atoms with Gasteiger partial charge in [-0.1, -0.05) is 6.07 Å². The summed E-state index contributed by atoms with van der Waals surface area (Å²) >= 11 is 0. The Hall–Kier alpha value is -1.81. The van der Waals surface area contributed by atoms with Crippen LogP contribution in [0.15, 0.2) is 30.5 Å². The van der Waals surface area contributed by atoms with E-state index < -0.39 is 0 Å². The second-order valence-corrected chi connectivity index (χ2v) is 3.70. The summed E-state index contributed by atoms with van der Waals surface area (Å²) < 4.78 is 5.17. The normalized spacial score (nSPS) is 10.6. The van der Waals surface area contributed by atoms with Gasteiger partial charge in [0.2, 0.25) is 0 Å². The van der Waals surface area contributed by atoms with Crippen LogP contribution in [0.2, 0.25) is 0 Å². The molecule has 0 radical (unpaired) electrons. The average molecular weight is 232 g/mol. The van der Waals surface area contributed by atoms with Crippen molar-refractivity contribution < 1.29 is 9.53 Å². The minimum Gasteiger partial charge on any atom is -0.380 e. The van der Waals surface area contributed by atoms with Gasteiger partial charge in [-0.2, -0.15) is 0 Å². The molecule has 0 aliphatic heterocycles. The quantitative estimate of drug-likeness (QED) is 0.774. The molecule has 1 aromatic heterocycles. The lowest BCUT2D eigenvalue weighted by Gasteiger charge is -2.06. The number of hydrogen-bond donors (Lipinski definition) is 2. The second-order valence-electron chi connectivity index (χ2n) is 3.70. The van der Waals surface area contributed by atoms with Crippen molar-refractivity contribution in [3.05, 3.63) is 36.0 Å². The van der Waals surface area contributed by atoms with Gasteiger partial charge in [0.1, 0.15) is 0 Å². The van der Waals surface area contributed by atoms with Gasteiger partial charge in [0, 0.05) is 35.8 Å². The molecule has 0 saturated heterocycles. The molecule has 4 heteroatoms. The Labute approximate surface area is 100.0 Å². The predicted octanol–water partition coefficient (Wildman–Crippen LogP) is 1.93. The van der Waals surface area contributed by atoms with Crippen LogP contribution in [0.25, 0.3) is 10.9 Å². The number of aromatic amines is 1. The molecular formula is C13H16N2O2. The van der Waals surface area contributed by atoms with E-state index in [0.29, 0.717) is 25.3 Å². The van der Waals surface area contributed by atoms with Crippen LogP contribution in [0.3, 0.4) is 0 Å². The molecule has 0 bridgehead atoms. The van der Waals surface area contributed by atoms with Crippen molar-refractivity contribution in [3.63, 3.8) is 0 Å². The Bertz CT molecular complexity index is 505. The molecule has 2 N–H and O–H groups in total. The van der Waals surface area contributed by atoms with E-state index in [1.54, 1.807) is 0 Å². The van der Waals surface area contributed by atoms with E-state index >= 15 is 0 Å². The van der Waals surface area contributed by atoms with Gasteiger partial charge in [0.15, 0.2) is 0 Å². The topological polar surface area (TPSA) is 54.1 Å². The van der Waals surface area contributed by atoms with Gasteiger partial charge in [-0.05, 0) is 25.1 Å². The summed E-state index contributed by atoms with van der Waals surface area (Å²) in [5.41, 5.74) is 1.67. The Morgan fingerprint density at radius 1 is 1.41 bits per heavy atom. The van der Waals surface area contributed by atoms with Crippen molar-refractivity contribution in [1.82, 2.24) is 10.3 Å². The van der Waals surface area contributed by atoms with Gasteiger partial charge < -0.3 is 15.0 Å². The van der Waals surface area contributed by atoms with Crippen LogP contribution in [-0.2, 0) is 4.74 Å². The fraction of sp³-hybridized carbons (Fsp3) is 0.308. The van der Waals surface area contributed by atoms with E-state index in [2.05, 4.69) is 10.3 Å². The van der Waals surface area contributed by atoms with Gasteiger partial charge in [-0.3, -0.25) is 4.79 Å². The summed E-state index contributed by atoms with van der Waals surface area (Å²) in [7, 11) is 0. The second kappa shape index (κ2) is 5.50. The summed E-state index contributed by atoms with van der Waals surface area (Å²) in [5, 5.41) is 3.78. The Balaban J connectivity index is 2.06. The average Bonchev–Trinajstić information content (AvgIpc) is 2.82. The number of carbonyl (C=O) groups is 1. The molecule has 0 aliphatic carbocycles. The third kappa shape index (κ3) is 2.65. The summed E-state index contributed by atoms with van der Waals surface area (Å²) in [6.45, 7) is 3.68. The number of H-pyrrole nitrogens is 1. The fourth-order valence-electron chi connectivity index (χ4n) is 1.76. The number of fused-ring (bicyclic) bond motifs is 1. The minimum atomic E-state index is -0.0603. The number of amides is 1. The number of benzene rings is 1. The van der Waals surface area contributed by atoms with Crippen LogP contribution >= 0.6 is 0 Å². The van der Waals surface area contributed by atoms with Gasteiger partial charge in [-0.15, -0.1) is 0 Å². The first-order valence-electron chi connectivity index (χ1n) is 5.75. The first kappa shape index (κ1) is 11.7. The Morgan fingerprint density at radius 2 is 2.29 bits per heavy atom. The molecule has 0 fully saturated rings. The smallest absolute Gasteiger partial charge is 0.252 e. The first-order valence-corrected chi connectivity index (χ1v) is 5.75. The highest BCUT2D eigenvalue weighted by Gasteiger charge is 2.09. The molecule has 1 aromatic carbocycles. The first-order chi connectivity index (χ1) is 8.33. The molecule has 2 rings (SSSR count). The fourth-order valence-corrected chi connectivity index (χ4v) is 1.76. The molecule has 90 valence electrons. The van der Waals surface area contributed by atoms with E-state index in [4.69, 9.17) is 4.74 Å². The van der Waals surface area contributed by atoms with Gasteiger partial charge in [0.25, 0.3) is 5.91 Å². The molecule has 1 heterocycles. The molecule has 0 aliphatic rings. The molecule has 0 spiro atoms. The van der Waals surface area contributed by atoms with E-state index in [1.807, 2.05) is 37.4 Å². The maximum atomic E-state index is 11.9. The van der Waals surface area contributed by atoms with Crippen LogP contribution in [-0.4, -0.2) is 30.6 Å². The standard InChI is InChI=1S/C13H16N2O2/c1-2-17-9-8-15-13(16)11-4-3-5-12-10(11)6-7-14-12/h3-7,14H,2,8-9H2,1H3,(H,15,16). The van der Waals surface area contributed by atoms with Crippen LogP contribution in [0.1, 0.15) is 17.3 Å². The number of rotatable bonds is 5. The van der Waals surface area contributed by atoms with Gasteiger partial charge in [0.05, 0.1) is 6.61 Å². The van der Waals surface area contributed by atoms with Gasteiger partial charge in [-0.25, -0.2) is 0 Å². The van der Waals surface area contributed by atoms with E-state index in [9.17, 15) is 4.79 Å².